The number of hydrogen-bond acceptors (Lipinski definition) is 5. The average Bonchev–Trinajstić information content (AvgIpc) is 2.72. The van der Waals surface area contributed by atoms with Crippen molar-refractivity contribution >= 4 is 17.1 Å². The van der Waals surface area contributed by atoms with Crippen molar-refractivity contribution in [2.45, 2.75) is 0 Å². The molecule has 0 spiro atoms. The van der Waals surface area contributed by atoms with E-state index in [4.69, 9.17) is 19.7 Å². The van der Waals surface area contributed by atoms with E-state index in [1.807, 2.05) is 78.9 Å². The van der Waals surface area contributed by atoms with E-state index in [2.05, 4.69) is 4.90 Å². The molecule has 5 heteroatoms. The van der Waals surface area contributed by atoms with Crippen molar-refractivity contribution in [2.75, 3.05) is 31.3 Å². The Kier molecular flexibility index (Phi) is 6.68. The third-order valence-corrected chi connectivity index (χ3v) is 3.89. The number of hydrogen-bond donors (Lipinski definition) is 2. The van der Waals surface area contributed by atoms with E-state index < -0.39 is 0 Å². The lowest BCUT2D eigenvalue weighted by molar-refractivity contribution is 0.201. The number of aliphatic hydroxyl groups is 2. The number of anilines is 3. The predicted molar refractivity (Wildman–Crippen MR) is 106 cm³/mol. The predicted octanol–water partition coefficient (Wildman–Crippen LogP) is 3.90. The van der Waals surface area contributed by atoms with Crippen molar-refractivity contribution in [3.8, 4) is 11.5 Å². The molecule has 0 radical (unpaired) electrons. The highest BCUT2D eigenvalue weighted by atomic mass is 16.5. The van der Waals surface area contributed by atoms with Gasteiger partial charge in [-0.3, -0.25) is 0 Å². The summed E-state index contributed by atoms with van der Waals surface area (Å²) < 4.78 is 11.1. The fraction of sp³-hybridized carbons (Fsp3) is 0.182. The van der Waals surface area contributed by atoms with E-state index in [0.29, 0.717) is 11.5 Å². The molecule has 0 aliphatic heterocycles. The van der Waals surface area contributed by atoms with Crippen LogP contribution in [-0.4, -0.2) is 36.6 Å². The summed E-state index contributed by atoms with van der Waals surface area (Å²) in [6.45, 7) is 0.437. The third-order valence-electron chi connectivity index (χ3n) is 3.89. The third kappa shape index (κ3) is 5.00. The summed E-state index contributed by atoms with van der Waals surface area (Å²) in [7, 11) is 0. The molecule has 0 bridgehead atoms. The molecule has 0 atom stereocenters. The Bertz CT molecular complexity index is 787. The maximum absolute atomic E-state index is 9.00. The number of nitrogens with zero attached hydrogens (tertiary/aromatic N) is 1. The van der Waals surface area contributed by atoms with Gasteiger partial charge in [0, 0.05) is 29.2 Å². The summed E-state index contributed by atoms with van der Waals surface area (Å²) in [6, 6.07) is 25.4. The first-order chi connectivity index (χ1) is 13.3. The largest absolute Gasteiger partial charge is 0.491 e. The maximum Gasteiger partial charge on any atom is 0.121 e. The van der Waals surface area contributed by atoms with Crippen molar-refractivity contribution < 1.29 is 19.7 Å². The molecule has 0 aromatic heterocycles. The molecular weight excluding hydrogens is 342 g/mol. The van der Waals surface area contributed by atoms with E-state index in [0.717, 1.165) is 17.1 Å². The Morgan fingerprint density at radius 3 is 1.56 bits per heavy atom. The van der Waals surface area contributed by atoms with Crippen LogP contribution in [0.15, 0.2) is 78.9 Å². The molecule has 3 aromatic rings. The van der Waals surface area contributed by atoms with Crippen LogP contribution < -0.4 is 14.4 Å². The van der Waals surface area contributed by atoms with Crippen LogP contribution in [0.3, 0.4) is 0 Å². The molecule has 2 N–H and O–H groups in total. The number of rotatable bonds is 9. The number of ether oxygens (including phenoxy) is 2. The monoisotopic (exact) mass is 365 g/mol. The zero-order chi connectivity index (χ0) is 18.9. The summed E-state index contributed by atoms with van der Waals surface area (Å²) in [5, 5.41) is 18.0. The van der Waals surface area contributed by atoms with Crippen LogP contribution in [0.4, 0.5) is 17.1 Å². The van der Waals surface area contributed by atoms with E-state index in [-0.39, 0.29) is 26.4 Å². The van der Waals surface area contributed by atoms with Crippen molar-refractivity contribution in [2.24, 2.45) is 0 Å². The van der Waals surface area contributed by atoms with Crippen molar-refractivity contribution in [1.29, 1.82) is 0 Å². The Hall–Kier alpha value is -3.02. The molecule has 0 aliphatic carbocycles. The van der Waals surface area contributed by atoms with E-state index in [1.165, 1.54) is 0 Å². The van der Waals surface area contributed by atoms with Gasteiger partial charge in [-0.25, -0.2) is 0 Å². The Morgan fingerprint density at radius 1 is 0.593 bits per heavy atom. The second-order valence-electron chi connectivity index (χ2n) is 5.81. The first-order valence-electron chi connectivity index (χ1n) is 8.84. The topological polar surface area (TPSA) is 62.2 Å². The quantitative estimate of drug-likeness (QED) is 0.602. The van der Waals surface area contributed by atoms with Gasteiger partial charge in [-0.2, -0.15) is 0 Å². The molecule has 0 heterocycles. The molecule has 0 aliphatic rings. The molecule has 5 nitrogen and oxygen atoms in total. The van der Waals surface area contributed by atoms with Crippen LogP contribution in [0.2, 0.25) is 0 Å². The van der Waals surface area contributed by atoms with Crippen molar-refractivity contribution in [3.63, 3.8) is 0 Å². The van der Waals surface area contributed by atoms with Crippen LogP contribution in [0, 0.1) is 0 Å². The highest BCUT2D eigenvalue weighted by Crippen LogP contribution is 2.37. The summed E-state index contributed by atoms with van der Waals surface area (Å²) in [5.74, 6) is 1.38. The first kappa shape index (κ1) is 18.8. The van der Waals surface area contributed by atoms with Gasteiger partial charge >= 0.3 is 0 Å². The molecule has 0 saturated carbocycles. The minimum Gasteiger partial charge on any atom is -0.491 e. The molecule has 27 heavy (non-hydrogen) atoms. The van der Waals surface area contributed by atoms with E-state index >= 15 is 0 Å². The average molecular weight is 365 g/mol. The molecular formula is C22H23NO4. The second kappa shape index (κ2) is 9.62. The van der Waals surface area contributed by atoms with E-state index in [9.17, 15) is 0 Å². The molecule has 140 valence electrons. The lowest BCUT2D eigenvalue weighted by Gasteiger charge is -2.26. The maximum atomic E-state index is 9.00. The number of para-hydroxylation sites is 1. The minimum atomic E-state index is -0.0309. The number of aliphatic hydroxyl groups excluding tert-OH is 2. The van der Waals surface area contributed by atoms with Gasteiger partial charge < -0.3 is 24.6 Å². The van der Waals surface area contributed by atoms with Crippen LogP contribution in [-0.2, 0) is 0 Å². The molecule has 0 unspecified atom stereocenters. The zero-order valence-electron chi connectivity index (χ0n) is 15.0. The lowest BCUT2D eigenvalue weighted by Crippen LogP contribution is -2.11. The summed E-state index contributed by atoms with van der Waals surface area (Å²) in [6.07, 6.45) is 0. The summed E-state index contributed by atoms with van der Waals surface area (Å²) in [5.41, 5.74) is 2.85. The van der Waals surface area contributed by atoms with Gasteiger partial charge in [-0.1, -0.05) is 30.3 Å². The highest BCUT2D eigenvalue weighted by Gasteiger charge is 2.13. The second-order valence-corrected chi connectivity index (χ2v) is 5.81. The Morgan fingerprint density at radius 2 is 1.07 bits per heavy atom. The van der Waals surface area contributed by atoms with Gasteiger partial charge in [0.05, 0.1) is 13.2 Å². The van der Waals surface area contributed by atoms with Crippen molar-refractivity contribution in [1.82, 2.24) is 0 Å². The summed E-state index contributed by atoms with van der Waals surface area (Å²) >= 11 is 0. The fourth-order valence-electron chi connectivity index (χ4n) is 2.78. The van der Waals surface area contributed by atoms with Crippen LogP contribution in [0.1, 0.15) is 0 Å². The summed E-state index contributed by atoms with van der Waals surface area (Å²) in [4.78, 5) is 2.09. The minimum absolute atomic E-state index is 0.0309. The first-order valence-corrected chi connectivity index (χ1v) is 8.84. The van der Waals surface area contributed by atoms with Crippen LogP contribution >= 0.6 is 0 Å². The van der Waals surface area contributed by atoms with Gasteiger partial charge in [0.25, 0.3) is 0 Å². The highest BCUT2D eigenvalue weighted by molar-refractivity contribution is 5.77. The molecule has 0 saturated heterocycles. The normalized spacial score (nSPS) is 10.4. The van der Waals surface area contributed by atoms with Crippen LogP contribution in [0.5, 0.6) is 11.5 Å². The fourth-order valence-corrected chi connectivity index (χ4v) is 2.78. The van der Waals surface area contributed by atoms with Gasteiger partial charge in [0.15, 0.2) is 0 Å². The van der Waals surface area contributed by atoms with Gasteiger partial charge in [-0.15, -0.1) is 0 Å². The smallest absolute Gasteiger partial charge is 0.121 e. The lowest BCUT2D eigenvalue weighted by atomic mass is 10.2. The molecule has 0 amide bonds. The van der Waals surface area contributed by atoms with Gasteiger partial charge in [-0.05, 0) is 36.4 Å². The molecule has 0 fully saturated rings. The SMILES string of the molecule is OCCOc1cccc(N(c2ccccc2)c2cccc(OCCO)c2)c1. The van der Waals surface area contributed by atoms with Crippen LogP contribution in [0.25, 0.3) is 0 Å². The zero-order valence-corrected chi connectivity index (χ0v) is 15.0. The Labute approximate surface area is 159 Å². The molecule has 3 rings (SSSR count). The Balaban J connectivity index is 2.00. The van der Waals surface area contributed by atoms with E-state index in [1.54, 1.807) is 0 Å². The van der Waals surface area contributed by atoms with Gasteiger partial charge in [0.1, 0.15) is 24.7 Å². The molecule has 3 aromatic carbocycles. The standard InChI is InChI=1S/C22H23NO4/c24-12-14-26-21-10-4-8-19(16-21)23(18-6-2-1-3-7-18)20-9-5-11-22(17-20)27-15-13-25/h1-11,16-17,24-25H,12-15H2. The van der Waals surface area contributed by atoms with Crippen molar-refractivity contribution in [3.05, 3.63) is 78.9 Å². The number of benzene rings is 3. The van der Waals surface area contributed by atoms with Gasteiger partial charge in [0.2, 0.25) is 0 Å².